The third-order valence-corrected chi connectivity index (χ3v) is 3.85. The maximum absolute atomic E-state index is 12.5. The lowest BCUT2D eigenvalue weighted by Gasteiger charge is -2.40. The summed E-state index contributed by atoms with van der Waals surface area (Å²) in [6, 6.07) is 0. The minimum absolute atomic E-state index is 0. The fourth-order valence-electron chi connectivity index (χ4n) is 2.78. The van der Waals surface area contributed by atoms with E-state index in [1.54, 1.807) is 7.11 Å². The Hall–Kier alpha value is -0.320. The fourth-order valence-corrected chi connectivity index (χ4v) is 2.78. The number of halogens is 1. The van der Waals surface area contributed by atoms with Crippen LogP contribution in [0.4, 0.5) is 0 Å². The second-order valence-electron chi connectivity index (χ2n) is 4.80. The highest BCUT2D eigenvalue weighted by Gasteiger charge is 2.42. The van der Waals surface area contributed by atoms with Crippen molar-refractivity contribution in [2.75, 3.05) is 33.3 Å². The van der Waals surface area contributed by atoms with Gasteiger partial charge in [-0.1, -0.05) is 19.3 Å². The van der Waals surface area contributed by atoms with Crippen molar-refractivity contribution in [1.82, 2.24) is 10.2 Å². The molecule has 0 atom stereocenters. The van der Waals surface area contributed by atoms with Gasteiger partial charge in [0, 0.05) is 33.3 Å². The first kappa shape index (κ1) is 14.7. The Labute approximate surface area is 109 Å². The first-order valence-electron chi connectivity index (χ1n) is 6.34. The Morgan fingerprint density at radius 3 is 2.29 bits per heavy atom. The number of hydrogen-bond acceptors (Lipinski definition) is 3. The van der Waals surface area contributed by atoms with E-state index in [9.17, 15) is 4.79 Å². The van der Waals surface area contributed by atoms with Gasteiger partial charge in [0.2, 0.25) is 0 Å². The molecule has 1 saturated heterocycles. The molecule has 1 saturated carbocycles. The minimum atomic E-state index is -0.504. The van der Waals surface area contributed by atoms with Crippen molar-refractivity contribution in [2.45, 2.75) is 37.7 Å². The van der Waals surface area contributed by atoms with Gasteiger partial charge in [-0.2, -0.15) is 0 Å². The van der Waals surface area contributed by atoms with Gasteiger partial charge in [-0.3, -0.25) is 4.79 Å². The Morgan fingerprint density at radius 2 is 1.76 bits per heavy atom. The van der Waals surface area contributed by atoms with E-state index < -0.39 is 5.60 Å². The van der Waals surface area contributed by atoms with Crippen LogP contribution in [-0.4, -0.2) is 49.7 Å². The molecule has 5 heteroatoms. The molecule has 0 unspecified atom stereocenters. The number of carbonyl (C=O) groups is 1. The van der Waals surface area contributed by atoms with Crippen LogP contribution < -0.4 is 5.32 Å². The van der Waals surface area contributed by atoms with E-state index in [0.29, 0.717) is 0 Å². The summed E-state index contributed by atoms with van der Waals surface area (Å²) in [5.74, 6) is 0.219. The van der Waals surface area contributed by atoms with Gasteiger partial charge >= 0.3 is 0 Å². The summed E-state index contributed by atoms with van der Waals surface area (Å²) in [4.78, 5) is 14.4. The van der Waals surface area contributed by atoms with Crippen LogP contribution in [0.2, 0.25) is 0 Å². The number of carbonyl (C=O) groups excluding carboxylic acids is 1. The number of ether oxygens (including phenoxy) is 1. The van der Waals surface area contributed by atoms with Crippen LogP contribution in [0.1, 0.15) is 32.1 Å². The summed E-state index contributed by atoms with van der Waals surface area (Å²) in [6.45, 7) is 3.46. The monoisotopic (exact) mass is 262 g/mol. The maximum Gasteiger partial charge on any atom is 0.254 e. The van der Waals surface area contributed by atoms with E-state index in [4.69, 9.17) is 4.74 Å². The largest absolute Gasteiger partial charge is 0.368 e. The highest BCUT2D eigenvalue weighted by atomic mass is 35.5. The van der Waals surface area contributed by atoms with Crippen molar-refractivity contribution in [1.29, 1.82) is 0 Å². The molecule has 1 amide bonds. The van der Waals surface area contributed by atoms with Gasteiger partial charge in [-0.25, -0.2) is 0 Å². The molecule has 1 aliphatic heterocycles. The SMILES string of the molecule is COC1(C(=O)N2CCNCC2)CCCCC1.Cl. The summed E-state index contributed by atoms with van der Waals surface area (Å²) in [5.41, 5.74) is -0.504. The Kier molecular flexibility index (Phi) is 5.70. The molecule has 2 fully saturated rings. The lowest BCUT2D eigenvalue weighted by atomic mass is 9.83. The number of nitrogens with one attached hydrogen (secondary N) is 1. The summed E-state index contributed by atoms with van der Waals surface area (Å²) in [7, 11) is 1.69. The molecule has 1 heterocycles. The van der Waals surface area contributed by atoms with Gasteiger partial charge in [0.15, 0.2) is 0 Å². The molecule has 0 aromatic heterocycles. The fraction of sp³-hybridized carbons (Fsp3) is 0.917. The van der Waals surface area contributed by atoms with Gasteiger partial charge in [-0.05, 0) is 12.8 Å². The maximum atomic E-state index is 12.5. The number of hydrogen-bond donors (Lipinski definition) is 1. The lowest BCUT2D eigenvalue weighted by molar-refractivity contribution is -0.159. The zero-order chi connectivity index (χ0) is 11.4. The second-order valence-corrected chi connectivity index (χ2v) is 4.80. The third-order valence-electron chi connectivity index (χ3n) is 3.85. The average Bonchev–Trinajstić information content (AvgIpc) is 2.39. The van der Waals surface area contributed by atoms with Crippen LogP contribution in [0.15, 0.2) is 0 Å². The summed E-state index contributed by atoms with van der Waals surface area (Å²) in [6.07, 6.45) is 5.26. The molecule has 4 nitrogen and oxygen atoms in total. The first-order chi connectivity index (χ1) is 7.78. The topological polar surface area (TPSA) is 41.6 Å². The smallest absolute Gasteiger partial charge is 0.254 e. The second kappa shape index (κ2) is 6.57. The predicted molar refractivity (Wildman–Crippen MR) is 69.5 cm³/mol. The van der Waals surface area contributed by atoms with Crippen LogP contribution in [0.25, 0.3) is 0 Å². The Bertz CT molecular complexity index is 249. The van der Waals surface area contributed by atoms with Gasteiger partial charge in [0.25, 0.3) is 5.91 Å². The number of amides is 1. The summed E-state index contributed by atoms with van der Waals surface area (Å²) >= 11 is 0. The normalized spacial score (nSPS) is 23.9. The van der Waals surface area contributed by atoms with Crippen molar-refractivity contribution in [3.8, 4) is 0 Å². The van der Waals surface area contributed by atoms with Crippen LogP contribution in [-0.2, 0) is 9.53 Å². The molecule has 0 bridgehead atoms. The highest BCUT2D eigenvalue weighted by Crippen LogP contribution is 2.32. The zero-order valence-corrected chi connectivity index (χ0v) is 11.4. The predicted octanol–water partition coefficient (Wildman–Crippen LogP) is 1.19. The van der Waals surface area contributed by atoms with Gasteiger partial charge in [0.05, 0.1) is 0 Å². The quantitative estimate of drug-likeness (QED) is 0.813. The molecule has 2 aliphatic rings. The molecule has 2 rings (SSSR count). The molecule has 0 spiro atoms. The van der Waals surface area contributed by atoms with Crippen molar-refractivity contribution in [2.24, 2.45) is 0 Å². The number of piperazine rings is 1. The molecule has 0 radical (unpaired) electrons. The molecule has 1 N–H and O–H groups in total. The number of rotatable bonds is 2. The van der Waals surface area contributed by atoms with E-state index in [0.717, 1.165) is 51.9 Å². The Morgan fingerprint density at radius 1 is 1.18 bits per heavy atom. The van der Waals surface area contributed by atoms with E-state index in [1.807, 2.05) is 4.90 Å². The Balaban J connectivity index is 0.00000144. The van der Waals surface area contributed by atoms with E-state index in [2.05, 4.69) is 5.32 Å². The first-order valence-corrected chi connectivity index (χ1v) is 6.34. The summed E-state index contributed by atoms with van der Waals surface area (Å²) in [5, 5.41) is 3.27. The highest BCUT2D eigenvalue weighted by molar-refractivity contribution is 5.85. The molecule has 17 heavy (non-hydrogen) atoms. The number of methoxy groups -OCH3 is 1. The van der Waals surface area contributed by atoms with Crippen molar-refractivity contribution in [3.63, 3.8) is 0 Å². The van der Waals surface area contributed by atoms with Crippen LogP contribution in [0.3, 0.4) is 0 Å². The standard InChI is InChI=1S/C12H22N2O2.ClH/c1-16-12(5-3-2-4-6-12)11(15)14-9-7-13-8-10-14;/h13H,2-10H2,1H3;1H. The molecular weight excluding hydrogens is 240 g/mol. The van der Waals surface area contributed by atoms with E-state index in [-0.39, 0.29) is 18.3 Å². The lowest BCUT2D eigenvalue weighted by Crippen LogP contribution is -2.56. The van der Waals surface area contributed by atoms with E-state index in [1.165, 1.54) is 6.42 Å². The van der Waals surface area contributed by atoms with Crippen LogP contribution in [0.5, 0.6) is 0 Å². The van der Waals surface area contributed by atoms with Crippen LogP contribution in [0, 0.1) is 0 Å². The van der Waals surface area contributed by atoms with Gasteiger partial charge in [0.1, 0.15) is 5.60 Å². The van der Waals surface area contributed by atoms with Crippen molar-refractivity contribution < 1.29 is 9.53 Å². The molecular formula is C12H23ClN2O2. The third kappa shape index (κ3) is 3.12. The van der Waals surface area contributed by atoms with Crippen molar-refractivity contribution in [3.05, 3.63) is 0 Å². The molecule has 1 aliphatic carbocycles. The van der Waals surface area contributed by atoms with Gasteiger partial charge < -0.3 is 15.0 Å². The molecule has 100 valence electrons. The minimum Gasteiger partial charge on any atom is -0.368 e. The molecule has 0 aromatic rings. The number of nitrogens with zero attached hydrogens (tertiary/aromatic N) is 1. The van der Waals surface area contributed by atoms with E-state index >= 15 is 0 Å². The van der Waals surface area contributed by atoms with Crippen LogP contribution >= 0.6 is 12.4 Å². The zero-order valence-electron chi connectivity index (χ0n) is 10.5. The van der Waals surface area contributed by atoms with Gasteiger partial charge in [-0.15, -0.1) is 12.4 Å². The average molecular weight is 263 g/mol. The van der Waals surface area contributed by atoms with Crippen molar-refractivity contribution >= 4 is 18.3 Å². The summed E-state index contributed by atoms with van der Waals surface area (Å²) < 4.78 is 5.58. The molecule has 0 aromatic carbocycles.